The van der Waals surface area contributed by atoms with Crippen LogP contribution in [0.25, 0.3) is 0 Å². The molecule has 0 rings (SSSR count). The average molecular weight is 179 g/mol. The highest BCUT2D eigenvalue weighted by atomic mass is 19.4. The van der Waals surface area contributed by atoms with Gasteiger partial charge in [0.25, 0.3) is 0 Å². The zero-order valence-corrected chi connectivity index (χ0v) is 5.20. The van der Waals surface area contributed by atoms with Gasteiger partial charge in [0.05, 0.1) is 6.61 Å². The fourth-order valence-corrected chi connectivity index (χ4v) is 0.325. The van der Waals surface area contributed by atoms with Crippen LogP contribution in [0.1, 0.15) is 0 Å². The molecule has 2 nitrogen and oxygen atoms in total. The number of rotatable bonds is 2. The summed E-state index contributed by atoms with van der Waals surface area (Å²) in [4.78, 5) is 0. The van der Waals surface area contributed by atoms with Crippen LogP contribution in [0, 0.1) is 0 Å². The Hall–Kier alpha value is -0.430. The minimum atomic E-state index is -5.70. The molecule has 0 aromatic heterocycles. The topological polar surface area (TPSA) is 46.2 Å². The van der Waals surface area contributed by atoms with Gasteiger partial charge in [-0.05, 0) is 0 Å². The molecule has 0 heterocycles. The van der Waals surface area contributed by atoms with E-state index in [1.807, 2.05) is 0 Å². The van der Waals surface area contributed by atoms with Gasteiger partial charge in [0.1, 0.15) is 6.04 Å². The van der Waals surface area contributed by atoms with Gasteiger partial charge in [-0.15, -0.1) is 0 Å². The minimum Gasteiger partial charge on any atom is -0.395 e. The van der Waals surface area contributed by atoms with Crippen LogP contribution in [0.15, 0.2) is 0 Å². The first-order chi connectivity index (χ1) is 4.73. The van der Waals surface area contributed by atoms with Crippen LogP contribution < -0.4 is 5.73 Å². The van der Waals surface area contributed by atoms with Crippen LogP contribution in [0.2, 0.25) is 0 Å². The normalized spacial score (nSPS) is 16.6. The predicted molar refractivity (Wildman–Crippen MR) is 26.1 cm³/mol. The van der Waals surface area contributed by atoms with Crippen molar-refractivity contribution in [1.29, 1.82) is 0 Å². The molecule has 0 amide bonds. The van der Waals surface area contributed by atoms with Crippen LogP contribution in [-0.2, 0) is 0 Å². The molecule has 7 heteroatoms. The van der Waals surface area contributed by atoms with Gasteiger partial charge < -0.3 is 10.8 Å². The van der Waals surface area contributed by atoms with Gasteiger partial charge in [-0.2, -0.15) is 22.0 Å². The molecule has 0 saturated heterocycles. The molecule has 0 aliphatic rings. The standard InChI is InChI=1S/C4H6F5NO/c5-3(6,2(10)1-11)4(7,8)9/h2,11H,1,10H2/t2-/m0/s1. The number of alkyl halides is 5. The van der Waals surface area contributed by atoms with Crippen molar-refractivity contribution in [3.05, 3.63) is 0 Å². The van der Waals surface area contributed by atoms with E-state index in [0.717, 1.165) is 0 Å². The lowest BCUT2D eigenvalue weighted by molar-refractivity contribution is -0.291. The van der Waals surface area contributed by atoms with Gasteiger partial charge in [-0.3, -0.25) is 0 Å². The number of aliphatic hydroxyl groups excluding tert-OH is 1. The van der Waals surface area contributed by atoms with Gasteiger partial charge in [-0.1, -0.05) is 0 Å². The van der Waals surface area contributed by atoms with Crippen molar-refractivity contribution in [2.75, 3.05) is 6.61 Å². The smallest absolute Gasteiger partial charge is 0.395 e. The first-order valence-electron chi connectivity index (χ1n) is 2.54. The van der Waals surface area contributed by atoms with E-state index in [-0.39, 0.29) is 0 Å². The summed E-state index contributed by atoms with van der Waals surface area (Å²) in [7, 11) is 0. The lowest BCUT2D eigenvalue weighted by atomic mass is 10.1. The highest BCUT2D eigenvalue weighted by molar-refractivity contribution is 4.86. The number of nitrogens with two attached hydrogens (primary N) is 1. The molecular formula is C4H6F5NO. The number of halogens is 5. The van der Waals surface area contributed by atoms with E-state index in [4.69, 9.17) is 5.11 Å². The average Bonchev–Trinajstić information content (AvgIpc) is 1.83. The molecule has 0 fully saturated rings. The predicted octanol–water partition coefficient (Wildman–Crippen LogP) is 0.504. The van der Waals surface area contributed by atoms with Gasteiger partial charge in [0, 0.05) is 0 Å². The SMILES string of the molecule is N[C@@H](CO)C(F)(F)C(F)(F)F. The lowest BCUT2D eigenvalue weighted by Crippen LogP contribution is -2.53. The molecule has 11 heavy (non-hydrogen) atoms. The van der Waals surface area contributed by atoms with E-state index in [0.29, 0.717) is 0 Å². The van der Waals surface area contributed by atoms with E-state index >= 15 is 0 Å². The Balaban J connectivity index is 4.45. The molecule has 3 N–H and O–H groups in total. The van der Waals surface area contributed by atoms with Crippen LogP contribution in [0.3, 0.4) is 0 Å². The van der Waals surface area contributed by atoms with Crippen molar-refractivity contribution in [3.8, 4) is 0 Å². The Kier molecular flexibility index (Phi) is 2.79. The molecule has 0 aliphatic heterocycles. The highest BCUT2D eigenvalue weighted by Gasteiger charge is 2.61. The summed E-state index contributed by atoms with van der Waals surface area (Å²) in [6.45, 7) is -1.41. The zero-order chi connectivity index (χ0) is 9.28. The summed E-state index contributed by atoms with van der Waals surface area (Å²) in [6, 6.07) is -2.59. The molecule has 0 unspecified atom stereocenters. The Morgan fingerprint density at radius 2 is 1.55 bits per heavy atom. The summed E-state index contributed by atoms with van der Waals surface area (Å²) in [5.74, 6) is -5.03. The zero-order valence-electron chi connectivity index (χ0n) is 5.20. The fraction of sp³-hybridized carbons (Fsp3) is 1.00. The van der Waals surface area contributed by atoms with E-state index < -0.39 is 24.7 Å². The van der Waals surface area contributed by atoms with Crippen LogP contribution in [0.5, 0.6) is 0 Å². The van der Waals surface area contributed by atoms with Crippen molar-refractivity contribution in [2.45, 2.75) is 18.1 Å². The number of hydrogen-bond acceptors (Lipinski definition) is 2. The third-order valence-corrected chi connectivity index (χ3v) is 1.04. The van der Waals surface area contributed by atoms with Crippen molar-refractivity contribution in [1.82, 2.24) is 0 Å². The first kappa shape index (κ1) is 10.6. The number of aliphatic hydroxyl groups is 1. The summed E-state index contributed by atoms with van der Waals surface area (Å²) in [5, 5.41) is 7.93. The van der Waals surface area contributed by atoms with E-state index in [1.165, 1.54) is 0 Å². The van der Waals surface area contributed by atoms with Crippen molar-refractivity contribution >= 4 is 0 Å². The summed E-state index contributed by atoms with van der Waals surface area (Å²) >= 11 is 0. The Morgan fingerprint density at radius 1 is 1.18 bits per heavy atom. The minimum absolute atomic E-state index is 1.41. The van der Waals surface area contributed by atoms with E-state index in [9.17, 15) is 22.0 Å². The second kappa shape index (κ2) is 2.90. The summed E-state index contributed by atoms with van der Waals surface area (Å²) in [6.07, 6.45) is -5.70. The van der Waals surface area contributed by atoms with Crippen LogP contribution >= 0.6 is 0 Å². The molecule has 0 aromatic rings. The van der Waals surface area contributed by atoms with E-state index in [2.05, 4.69) is 5.73 Å². The van der Waals surface area contributed by atoms with Crippen molar-refractivity contribution < 1.29 is 27.1 Å². The maximum absolute atomic E-state index is 11.9. The van der Waals surface area contributed by atoms with Crippen molar-refractivity contribution in [2.24, 2.45) is 5.73 Å². The molecule has 0 spiro atoms. The molecule has 1 atom stereocenters. The fourth-order valence-electron chi connectivity index (χ4n) is 0.325. The maximum atomic E-state index is 11.9. The monoisotopic (exact) mass is 179 g/mol. The highest BCUT2D eigenvalue weighted by Crippen LogP contribution is 2.37. The quantitative estimate of drug-likeness (QED) is 0.606. The Bertz CT molecular complexity index is 133. The molecule has 0 radical (unpaired) electrons. The molecule has 0 aliphatic carbocycles. The second-order valence-corrected chi connectivity index (χ2v) is 1.91. The van der Waals surface area contributed by atoms with Gasteiger partial charge in [0.15, 0.2) is 0 Å². The Labute approximate surface area is 58.8 Å². The van der Waals surface area contributed by atoms with Crippen molar-refractivity contribution in [3.63, 3.8) is 0 Å². The molecular weight excluding hydrogens is 173 g/mol. The summed E-state index contributed by atoms with van der Waals surface area (Å²) < 4.78 is 57.8. The van der Waals surface area contributed by atoms with E-state index in [1.54, 1.807) is 0 Å². The second-order valence-electron chi connectivity index (χ2n) is 1.91. The van der Waals surface area contributed by atoms with Crippen LogP contribution in [-0.4, -0.2) is 29.9 Å². The van der Waals surface area contributed by atoms with Crippen LogP contribution in [0.4, 0.5) is 22.0 Å². The van der Waals surface area contributed by atoms with Gasteiger partial charge in [0.2, 0.25) is 0 Å². The largest absolute Gasteiger partial charge is 0.455 e. The lowest BCUT2D eigenvalue weighted by Gasteiger charge is -2.23. The summed E-state index contributed by atoms with van der Waals surface area (Å²) in [5.41, 5.74) is 4.32. The molecule has 0 aromatic carbocycles. The molecule has 68 valence electrons. The third-order valence-electron chi connectivity index (χ3n) is 1.04. The third kappa shape index (κ3) is 2.00. The van der Waals surface area contributed by atoms with Gasteiger partial charge >= 0.3 is 12.1 Å². The molecule has 0 bridgehead atoms. The first-order valence-corrected chi connectivity index (χ1v) is 2.54. The molecule has 0 saturated carbocycles. The number of hydrogen-bond donors (Lipinski definition) is 2. The Morgan fingerprint density at radius 3 is 1.64 bits per heavy atom. The van der Waals surface area contributed by atoms with Gasteiger partial charge in [-0.25, -0.2) is 0 Å². The maximum Gasteiger partial charge on any atom is 0.455 e.